The Morgan fingerprint density at radius 2 is 2.00 bits per heavy atom. The van der Waals surface area contributed by atoms with Crippen molar-refractivity contribution >= 4 is 11.0 Å². The van der Waals surface area contributed by atoms with Gasteiger partial charge in [-0.25, -0.2) is 5.90 Å². The number of rotatable bonds is 1. The van der Waals surface area contributed by atoms with Gasteiger partial charge in [0.15, 0.2) is 0 Å². The molecule has 0 aliphatic heterocycles. The molecule has 0 spiro atoms. The molecule has 0 heterocycles. The predicted molar refractivity (Wildman–Crippen MR) is 27.1 cm³/mol. The molecule has 0 amide bonds. The lowest BCUT2D eigenvalue weighted by atomic mass is 10.9. The topological polar surface area (TPSA) is 35.2 Å². The lowest BCUT2D eigenvalue weighted by Gasteiger charge is -1.76. The Morgan fingerprint density at radius 3 is 2.00 bits per heavy atom. The zero-order chi connectivity index (χ0) is 3.41. The summed E-state index contributed by atoms with van der Waals surface area (Å²) in [6.07, 6.45) is 0. The fraction of sp³-hybridized carbons (Fsp3) is 1.00. The van der Waals surface area contributed by atoms with Crippen LogP contribution in [0, 0.1) is 0 Å². The van der Waals surface area contributed by atoms with Crippen LogP contribution < -0.4 is 5.90 Å². The van der Waals surface area contributed by atoms with Gasteiger partial charge in [0.2, 0.25) is 0 Å². The highest BCUT2D eigenvalue weighted by Gasteiger charge is 1.52. The predicted octanol–water partition coefficient (Wildman–Crippen LogP) is -1.55. The van der Waals surface area contributed by atoms with Gasteiger partial charge in [-0.1, -0.05) is 0 Å². The van der Waals surface area contributed by atoms with Gasteiger partial charge in [0.25, 0.3) is 0 Å². The second kappa shape index (κ2) is 8.91. The average molecular weight is 93.2 g/mol. The molecule has 0 rings (SSSR count). The van der Waals surface area contributed by atoms with Crippen LogP contribution in [-0.2, 0) is 4.84 Å². The average Bonchev–Trinajstić information content (AvgIpc) is 1.37. The van der Waals surface area contributed by atoms with E-state index >= 15 is 0 Å². The van der Waals surface area contributed by atoms with Crippen LogP contribution in [0.15, 0.2) is 0 Å². The molecule has 2 nitrogen and oxygen atoms in total. The summed E-state index contributed by atoms with van der Waals surface area (Å²) in [4.78, 5) is 4.04. The second-order valence-electron chi connectivity index (χ2n) is 0.455. The monoisotopic (exact) mass is 93.1 g/mol. The van der Waals surface area contributed by atoms with Crippen molar-refractivity contribution < 1.29 is 4.84 Å². The second-order valence-corrected chi connectivity index (χ2v) is 0.455. The third kappa shape index (κ3) is 14.6. The Morgan fingerprint density at radius 1 is 1.80 bits per heavy atom. The maximum Gasteiger partial charge on any atom is 0.0651 e. The molecule has 0 aliphatic carbocycles. The highest BCUT2D eigenvalue weighted by atomic mass is 28.1. The highest BCUT2D eigenvalue weighted by Crippen LogP contribution is 1.46. The standard InChI is InChI=1S/C2H7NO.H4Si/c1-2-4-3;/h2-3H2,1H3;1H4. The molecule has 0 saturated carbocycles. The molecule has 34 valence electrons. The van der Waals surface area contributed by atoms with Crippen molar-refractivity contribution in [2.75, 3.05) is 6.61 Å². The summed E-state index contributed by atoms with van der Waals surface area (Å²) in [5.41, 5.74) is 0. The minimum Gasteiger partial charge on any atom is -0.305 e. The van der Waals surface area contributed by atoms with E-state index in [1.165, 1.54) is 0 Å². The van der Waals surface area contributed by atoms with Crippen LogP contribution in [-0.4, -0.2) is 17.6 Å². The molecule has 5 heavy (non-hydrogen) atoms. The smallest absolute Gasteiger partial charge is 0.0651 e. The quantitative estimate of drug-likeness (QED) is 0.314. The summed E-state index contributed by atoms with van der Waals surface area (Å²) in [5, 5.41) is 0. The van der Waals surface area contributed by atoms with Gasteiger partial charge in [-0.05, 0) is 17.9 Å². The normalized spacial score (nSPS) is 6.00. The van der Waals surface area contributed by atoms with Crippen LogP contribution in [0.5, 0.6) is 0 Å². The van der Waals surface area contributed by atoms with E-state index in [-0.39, 0.29) is 11.0 Å². The minimum atomic E-state index is 0. The van der Waals surface area contributed by atoms with Crippen molar-refractivity contribution in [3.8, 4) is 0 Å². The molecule has 2 N–H and O–H groups in total. The molecule has 0 saturated heterocycles. The molecule has 0 bridgehead atoms. The first-order valence-electron chi connectivity index (χ1n) is 1.23. The highest BCUT2D eigenvalue weighted by molar-refractivity contribution is 5.75. The summed E-state index contributed by atoms with van der Waals surface area (Å²) >= 11 is 0. The zero-order valence-electron chi connectivity index (χ0n) is 2.69. The SMILES string of the molecule is CCON.[SiH4]. The van der Waals surface area contributed by atoms with Gasteiger partial charge in [0.1, 0.15) is 0 Å². The van der Waals surface area contributed by atoms with Crippen LogP contribution in [0.3, 0.4) is 0 Å². The van der Waals surface area contributed by atoms with Gasteiger partial charge in [-0.2, -0.15) is 0 Å². The molecule has 0 atom stereocenters. The van der Waals surface area contributed by atoms with E-state index < -0.39 is 0 Å². The largest absolute Gasteiger partial charge is 0.305 e. The van der Waals surface area contributed by atoms with Crippen molar-refractivity contribution in [3.63, 3.8) is 0 Å². The number of nitrogens with two attached hydrogens (primary N) is 1. The molecule has 0 aliphatic rings. The van der Waals surface area contributed by atoms with Gasteiger partial charge in [-0.3, -0.25) is 0 Å². The van der Waals surface area contributed by atoms with Crippen molar-refractivity contribution in [2.24, 2.45) is 5.90 Å². The van der Waals surface area contributed by atoms with Gasteiger partial charge < -0.3 is 4.84 Å². The molecule has 0 radical (unpaired) electrons. The summed E-state index contributed by atoms with van der Waals surface area (Å²) < 4.78 is 0. The zero-order valence-corrected chi connectivity index (χ0v) is 2.69. The summed E-state index contributed by atoms with van der Waals surface area (Å²) in [5.74, 6) is 4.53. The first-order chi connectivity index (χ1) is 1.91. The molecular weight excluding hydrogens is 82.1 g/mol. The molecule has 0 unspecified atom stereocenters. The van der Waals surface area contributed by atoms with E-state index in [1.807, 2.05) is 6.92 Å². The van der Waals surface area contributed by atoms with Crippen LogP contribution in [0.4, 0.5) is 0 Å². The number of hydrogen-bond donors (Lipinski definition) is 1. The minimum absolute atomic E-state index is 0. The van der Waals surface area contributed by atoms with Gasteiger partial charge in [0.05, 0.1) is 6.61 Å². The summed E-state index contributed by atoms with van der Waals surface area (Å²) in [6.45, 7) is 2.43. The molecule has 0 aromatic carbocycles. The Bertz CT molecular complexity index is 11.6. The first kappa shape index (κ1) is 8.93. The Kier molecular flexibility index (Phi) is 15.9. The van der Waals surface area contributed by atoms with Crippen molar-refractivity contribution in [1.82, 2.24) is 0 Å². The molecule has 0 fully saturated rings. The van der Waals surface area contributed by atoms with Crippen LogP contribution >= 0.6 is 0 Å². The number of hydrogen-bond acceptors (Lipinski definition) is 2. The maximum absolute atomic E-state index is 4.53. The van der Waals surface area contributed by atoms with Crippen molar-refractivity contribution in [2.45, 2.75) is 6.92 Å². The van der Waals surface area contributed by atoms with E-state index in [4.69, 9.17) is 0 Å². The summed E-state index contributed by atoms with van der Waals surface area (Å²) in [6, 6.07) is 0. The van der Waals surface area contributed by atoms with E-state index in [0.29, 0.717) is 6.61 Å². The third-order valence-electron chi connectivity index (χ3n) is 0.167. The first-order valence-corrected chi connectivity index (χ1v) is 1.23. The van der Waals surface area contributed by atoms with Crippen molar-refractivity contribution in [1.29, 1.82) is 0 Å². The van der Waals surface area contributed by atoms with Gasteiger partial charge in [0, 0.05) is 0 Å². The Balaban J connectivity index is 0. The lowest BCUT2D eigenvalue weighted by molar-refractivity contribution is 0.152. The molecule has 0 aromatic rings. The summed E-state index contributed by atoms with van der Waals surface area (Å²) in [7, 11) is 0. The van der Waals surface area contributed by atoms with Crippen LogP contribution in [0.1, 0.15) is 6.92 Å². The Hall–Kier alpha value is 0.137. The van der Waals surface area contributed by atoms with E-state index in [9.17, 15) is 0 Å². The van der Waals surface area contributed by atoms with E-state index in [1.54, 1.807) is 0 Å². The van der Waals surface area contributed by atoms with E-state index in [0.717, 1.165) is 0 Å². The molecule has 3 heteroatoms. The lowest BCUT2D eigenvalue weighted by Crippen LogP contribution is -1.94. The van der Waals surface area contributed by atoms with Gasteiger partial charge >= 0.3 is 0 Å². The fourth-order valence-corrected chi connectivity index (χ4v) is 0. The van der Waals surface area contributed by atoms with E-state index in [2.05, 4.69) is 10.7 Å². The Labute approximate surface area is 36.3 Å². The van der Waals surface area contributed by atoms with Crippen LogP contribution in [0.25, 0.3) is 0 Å². The van der Waals surface area contributed by atoms with Crippen LogP contribution in [0.2, 0.25) is 0 Å². The molecular formula is C2H11NOSi. The molecule has 0 aromatic heterocycles. The fourth-order valence-electron chi connectivity index (χ4n) is 0. The maximum atomic E-state index is 4.53. The third-order valence-corrected chi connectivity index (χ3v) is 0.167. The van der Waals surface area contributed by atoms with Crippen molar-refractivity contribution in [3.05, 3.63) is 0 Å². The van der Waals surface area contributed by atoms with Gasteiger partial charge in [-0.15, -0.1) is 0 Å².